The van der Waals surface area contributed by atoms with Crippen LogP contribution >= 0.6 is 11.3 Å². The number of rotatable bonds is 5. The number of fused-ring (bicyclic) bond motifs is 1. The van der Waals surface area contributed by atoms with Crippen molar-refractivity contribution >= 4 is 22.3 Å². The number of hydrogen-bond acceptors (Lipinski definition) is 6. The number of hydrogen-bond donors (Lipinski definition) is 0. The number of carbonyl (C=O) groups is 1. The zero-order chi connectivity index (χ0) is 16.2. The Morgan fingerprint density at radius 2 is 2.09 bits per heavy atom. The molecule has 0 aliphatic carbocycles. The van der Waals surface area contributed by atoms with E-state index in [9.17, 15) is 9.59 Å². The van der Waals surface area contributed by atoms with Crippen molar-refractivity contribution in [3.63, 3.8) is 0 Å². The van der Waals surface area contributed by atoms with Gasteiger partial charge in [0.25, 0.3) is 5.56 Å². The Balaban J connectivity index is 1.62. The SMILES string of the molecule is COc1ccc(CC(=O)OCc2cc(=O)n3ccsc3n2)cc1. The molecule has 3 aromatic rings. The normalized spacial score (nSPS) is 10.7. The highest BCUT2D eigenvalue weighted by Crippen LogP contribution is 2.12. The van der Waals surface area contributed by atoms with Crippen molar-refractivity contribution in [3.8, 4) is 5.75 Å². The lowest BCUT2D eigenvalue weighted by Gasteiger charge is -2.05. The fourth-order valence-electron chi connectivity index (χ4n) is 2.08. The van der Waals surface area contributed by atoms with Gasteiger partial charge in [0.15, 0.2) is 4.96 Å². The van der Waals surface area contributed by atoms with E-state index in [1.165, 1.54) is 21.8 Å². The van der Waals surface area contributed by atoms with E-state index in [-0.39, 0.29) is 24.6 Å². The van der Waals surface area contributed by atoms with Crippen LogP contribution in [-0.4, -0.2) is 22.5 Å². The number of ether oxygens (including phenoxy) is 2. The second kappa shape index (κ2) is 6.62. The van der Waals surface area contributed by atoms with E-state index in [0.29, 0.717) is 10.7 Å². The van der Waals surface area contributed by atoms with Crippen molar-refractivity contribution in [3.05, 3.63) is 63.5 Å². The highest BCUT2D eigenvalue weighted by Gasteiger charge is 2.08. The molecule has 0 bridgehead atoms. The third-order valence-corrected chi connectivity index (χ3v) is 4.00. The van der Waals surface area contributed by atoms with E-state index in [4.69, 9.17) is 9.47 Å². The molecule has 0 saturated carbocycles. The van der Waals surface area contributed by atoms with Gasteiger partial charge in [-0.2, -0.15) is 0 Å². The largest absolute Gasteiger partial charge is 0.497 e. The van der Waals surface area contributed by atoms with Crippen molar-refractivity contribution in [2.45, 2.75) is 13.0 Å². The molecule has 0 unspecified atom stereocenters. The molecule has 0 aliphatic rings. The zero-order valence-electron chi connectivity index (χ0n) is 12.4. The lowest BCUT2D eigenvalue weighted by molar-refractivity contribution is -0.144. The van der Waals surface area contributed by atoms with Crippen LogP contribution in [0.2, 0.25) is 0 Å². The number of carbonyl (C=O) groups excluding carboxylic acids is 1. The topological polar surface area (TPSA) is 69.9 Å². The van der Waals surface area contributed by atoms with Crippen molar-refractivity contribution in [2.24, 2.45) is 0 Å². The molecule has 7 heteroatoms. The van der Waals surface area contributed by atoms with E-state index in [0.717, 1.165) is 11.3 Å². The molecule has 0 aliphatic heterocycles. The van der Waals surface area contributed by atoms with Gasteiger partial charge in [0.2, 0.25) is 0 Å². The van der Waals surface area contributed by atoms with Crippen molar-refractivity contribution < 1.29 is 14.3 Å². The maximum absolute atomic E-state index is 11.9. The predicted octanol–water partition coefficient (Wildman–Crippen LogP) is 2.05. The minimum absolute atomic E-state index is 0.0152. The first-order valence-electron chi connectivity index (χ1n) is 6.90. The fraction of sp³-hybridized carbons (Fsp3) is 0.188. The van der Waals surface area contributed by atoms with Gasteiger partial charge in [-0.25, -0.2) is 4.98 Å². The maximum Gasteiger partial charge on any atom is 0.310 e. The predicted molar refractivity (Wildman–Crippen MR) is 85.8 cm³/mol. The van der Waals surface area contributed by atoms with Crippen molar-refractivity contribution in [1.82, 2.24) is 9.38 Å². The summed E-state index contributed by atoms with van der Waals surface area (Å²) in [4.78, 5) is 28.6. The van der Waals surface area contributed by atoms with Crippen LogP contribution < -0.4 is 10.3 Å². The molecule has 0 fully saturated rings. The molecule has 0 N–H and O–H groups in total. The molecule has 3 rings (SSSR count). The average molecular weight is 330 g/mol. The molecule has 0 amide bonds. The zero-order valence-corrected chi connectivity index (χ0v) is 13.2. The number of methoxy groups -OCH3 is 1. The van der Waals surface area contributed by atoms with Crippen LogP contribution in [0, 0.1) is 0 Å². The Morgan fingerprint density at radius 1 is 1.30 bits per heavy atom. The summed E-state index contributed by atoms with van der Waals surface area (Å²) in [5.74, 6) is 0.361. The fourth-order valence-corrected chi connectivity index (χ4v) is 2.82. The second-order valence-corrected chi connectivity index (χ2v) is 5.70. The first-order valence-corrected chi connectivity index (χ1v) is 7.78. The standard InChI is InChI=1S/C16H14N2O4S/c1-21-13-4-2-11(3-5-13)8-15(20)22-10-12-9-14(19)18-6-7-23-16(18)17-12/h2-7,9H,8,10H2,1H3. The number of esters is 1. The van der Waals surface area contributed by atoms with Crippen LogP contribution in [0.1, 0.15) is 11.3 Å². The van der Waals surface area contributed by atoms with Gasteiger partial charge in [-0.15, -0.1) is 11.3 Å². The summed E-state index contributed by atoms with van der Waals surface area (Å²) in [5.41, 5.74) is 1.09. The Bertz CT molecular complexity index is 883. The van der Waals surface area contributed by atoms with E-state index in [1.54, 1.807) is 30.8 Å². The van der Waals surface area contributed by atoms with Gasteiger partial charge in [0.05, 0.1) is 19.2 Å². The second-order valence-electron chi connectivity index (χ2n) is 4.83. The quantitative estimate of drug-likeness (QED) is 0.670. The first kappa shape index (κ1) is 15.2. The lowest BCUT2D eigenvalue weighted by atomic mass is 10.1. The van der Waals surface area contributed by atoms with Gasteiger partial charge < -0.3 is 9.47 Å². The minimum Gasteiger partial charge on any atom is -0.497 e. The third-order valence-electron chi connectivity index (χ3n) is 3.24. The van der Waals surface area contributed by atoms with Crippen LogP contribution in [-0.2, 0) is 22.6 Å². The first-order chi connectivity index (χ1) is 11.2. The Labute approximate surface area is 135 Å². The molecule has 0 radical (unpaired) electrons. The summed E-state index contributed by atoms with van der Waals surface area (Å²) in [6.45, 7) is -0.0152. The van der Waals surface area contributed by atoms with Crippen molar-refractivity contribution in [1.29, 1.82) is 0 Å². The molecule has 1 aromatic carbocycles. The summed E-state index contributed by atoms with van der Waals surface area (Å²) in [6, 6.07) is 8.57. The van der Waals surface area contributed by atoms with Crippen LogP contribution in [0.15, 0.2) is 46.7 Å². The summed E-state index contributed by atoms with van der Waals surface area (Å²) in [5, 5.41) is 1.78. The van der Waals surface area contributed by atoms with Gasteiger partial charge in [0.1, 0.15) is 12.4 Å². The van der Waals surface area contributed by atoms with E-state index < -0.39 is 0 Å². The van der Waals surface area contributed by atoms with Crippen LogP contribution in [0.5, 0.6) is 5.75 Å². The molecule has 6 nitrogen and oxygen atoms in total. The monoisotopic (exact) mass is 330 g/mol. The molecule has 0 saturated heterocycles. The van der Waals surface area contributed by atoms with Crippen molar-refractivity contribution in [2.75, 3.05) is 7.11 Å². The number of thiazole rings is 1. The van der Waals surface area contributed by atoms with Crippen LogP contribution in [0.25, 0.3) is 4.96 Å². The molecule has 0 spiro atoms. The van der Waals surface area contributed by atoms with Gasteiger partial charge in [0, 0.05) is 17.6 Å². The molecular weight excluding hydrogens is 316 g/mol. The molecular formula is C16H14N2O4S. The maximum atomic E-state index is 11.9. The number of benzene rings is 1. The van der Waals surface area contributed by atoms with Gasteiger partial charge in [-0.05, 0) is 17.7 Å². The van der Waals surface area contributed by atoms with E-state index in [1.807, 2.05) is 12.1 Å². The molecule has 2 aromatic heterocycles. The summed E-state index contributed by atoms with van der Waals surface area (Å²) < 4.78 is 11.7. The molecule has 2 heterocycles. The Hall–Kier alpha value is -2.67. The molecule has 118 valence electrons. The minimum atomic E-state index is -0.372. The average Bonchev–Trinajstić information content (AvgIpc) is 3.03. The Kier molecular flexibility index (Phi) is 4.38. The van der Waals surface area contributed by atoms with E-state index in [2.05, 4.69) is 4.98 Å². The molecule has 0 atom stereocenters. The lowest BCUT2D eigenvalue weighted by Crippen LogP contribution is -2.15. The van der Waals surface area contributed by atoms with Gasteiger partial charge in [-0.3, -0.25) is 14.0 Å². The van der Waals surface area contributed by atoms with Gasteiger partial charge >= 0.3 is 5.97 Å². The highest BCUT2D eigenvalue weighted by atomic mass is 32.1. The van der Waals surface area contributed by atoms with E-state index >= 15 is 0 Å². The van der Waals surface area contributed by atoms with Crippen LogP contribution in [0.3, 0.4) is 0 Å². The summed E-state index contributed by atoms with van der Waals surface area (Å²) in [7, 11) is 1.59. The van der Waals surface area contributed by atoms with Crippen LogP contribution in [0.4, 0.5) is 0 Å². The molecule has 23 heavy (non-hydrogen) atoms. The number of nitrogens with zero attached hydrogens (tertiary/aromatic N) is 2. The Morgan fingerprint density at radius 3 is 2.83 bits per heavy atom. The smallest absolute Gasteiger partial charge is 0.310 e. The number of aromatic nitrogens is 2. The summed E-state index contributed by atoms with van der Waals surface area (Å²) in [6.07, 6.45) is 1.82. The third kappa shape index (κ3) is 3.57. The summed E-state index contributed by atoms with van der Waals surface area (Å²) >= 11 is 1.36. The van der Waals surface area contributed by atoms with Gasteiger partial charge in [-0.1, -0.05) is 12.1 Å². The highest BCUT2D eigenvalue weighted by molar-refractivity contribution is 7.15.